The number of quaternary nitrogens is 1. The first-order valence-electron chi connectivity index (χ1n) is 10.6. The summed E-state index contributed by atoms with van der Waals surface area (Å²) in [7, 11) is 3.61. The largest absolute Gasteiger partial charge is 0.493 e. The molecule has 1 unspecified atom stereocenters. The van der Waals surface area contributed by atoms with E-state index in [9.17, 15) is 15.8 Å². The Labute approximate surface area is 183 Å². The van der Waals surface area contributed by atoms with Crippen LogP contribution in [0.3, 0.4) is 0 Å². The molecule has 4 atom stereocenters. The average Bonchev–Trinajstić information content (AvgIpc) is 2.79. The molecule has 0 aromatic heterocycles. The van der Waals surface area contributed by atoms with E-state index in [0.29, 0.717) is 24.7 Å². The van der Waals surface area contributed by atoms with Gasteiger partial charge in [0.25, 0.3) is 0 Å². The van der Waals surface area contributed by atoms with Crippen molar-refractivity contribution in [2.24, 2.45) is 17.3 Å². The molecule has 31 heavy (non-hydrogen) atoms. The van der Waals surface area contributed by atoms with E-state index in [-0.39, 0.29) is 11.6 Å². The quantitative estimate of drug-likeness (QED) is 0.542. The van der Waals surface area contributed by atoms with Crippen LogP contribution < -0.4 is 14.4 Å². The maximum atomic E-state index is 10.1. The van der Waals surface area contributed by atoms with E-state index in [1.54, 1.807) is 7.11 Å². The molecule has 1 saturated carbocycles. The van der Waals surface area contributed by atoms with E-state index in [0.717, 1.165) is 30.5 Å². The van der Waals surface area contributed by atoms with Crippen LogP contribution in [0.15, 0.2) is 29.8 Å². The number of benzene rings is 1. The van der Waals surface area contributed by atoms with Gasteiger partial charge in [-0.15, -0.1) is 0 Å². The Morgan fingerprint density at radius 2 is 1.97 bits per heavy atom. The highest BCUT2D eigenvalue weighted by Crippen LogP contribution is 2.53. The maximum Gasteiger partial charge on any atom is 0.189 e. The smallest absolute Gasteiger partial charge is 0.189 e. The van der Waals surface area contributed by atoms with E-state index >= 15 is 0 Å². The van der Waals surface area contributed by atoms with Gasteiger partial charge in [0.1, 0.15) is 5.92 Å². The molecular formula is C24H28N5O2+. The monoisotopic (exact) mass is 418 g/mol. The second kappa shape index (κ2) is 9.21. The summed E-state index contributed by atoms with van der Waals surface area (Å²) in [6.45, 7) is 4.11. The minimum atomic E-state index is -1.71. The predicted octanol–water partition coefficient (Wildman–Crippen LogP) is 2.24. The minimum Gasteiger partial charge on any atom is -0.493 e. The third kappa shape index (κ3) is 3.76. The van der Waals surface area contributed by atoms with Crippen molar-refractivity contribution in [2.75, 3.05) is 33.9 Å². The van der Waals surface area contributed by atoms with Gasteiger partial charge >= 0.3 is 0 Å². The Morgan fingerprint density at radius 3 is 2.58 bits per heavy atom. The van der Waals surface area contributed by atoms with Gasteiger partial charge < -0.3 is 19.8 Å². The third-order valence-corrected chi connectivity index (χ3v) is 6.38. The van der Waals surface area contributed by atoms with Crippen molar-refractivity contribution in [3.05, 3.63) is 35.4 Å². The molecule has 1 aliphatic heterocycles. The Bertz CT molecular complexity index is 996. The molecule has 0 radical (unpaired) electrons. The highest BCUT2D eigenvalue weighted by atomic mass is 16.5. The summed E-state index contributed by atoms with van der Waals surface area (Å²) in [4.78, 5) is 1.24. The number of unbranched alkanes of at least 4 members (excludes halogenated alkanes) is 1. The van der Waals surface area contributed by atoms with Gasteiger partial charge in [0.15, 0.2) is 16.9 Å². The number of nitrogens with one attached hydrogen (secondary N) is 2. The molecule has 0 bridgehead atoms. The van der Waals surface area contributed by atoms with Crippen molar-refractivity contribution in [2.45, 2.75) is 25.7 Å². The summed E-state index contributed by atoms with van der Waals surface area (Å²) in [6, 6.07) is 11.9. The lowest BCUT2D eigenvalue weighted by Gasteiger charge is -2.46. The van der Waals surface area contributed by atoms with Crippen LogP contribution in [0.1, 0.15) is 31.2 Å². The number of likely N-dealkylation sites (N-methyl/N-ethyl adjacent to an activating group) is 1. The number of ether oxygens (including phenoxy) is 2. The van der Waals surface area contributed by atoms with Gasteiger partial charge in [0.2, 0.25) is 0 Å². The van der Waals surface area contributed by atoms with Crippen molar-refractivity contribution in [1.82, 2.24) is 0 Å². The Balaban J connectivity index is 2.14. The standard InChI is InChI=1S/C24H27N5O2/c1-4-5-10-31-20-7-6-16(11-21(20)30-3)22-19-13-29(2)9-8-17(19)18(12-25)23(28)24(22,14-26)15-27/h6-8,11,18-19,22,28H,4-5,9-10,13H2,1-3H3/p+1/t18-,19-,22+/m1/s1. The molecular weight excluding hydrogens is 390 g/mol. The summed E-state index contributed by atoms with van der Waals surface area (Å²) in [5, 5.41) is 38.7. The number of methoxy groups -OCH3 is 1. The molecule has 160 valence electrons. The van der Waals surface area contributed by atoms with Gasteiger partial charge in [-0.25, -0.2) is 0 Å². The minimum absolute atomic E-state index is 0.130. The zero-order valence-corrected chi connectivity index (χ0v) is 18.2. The zero-order chi connectivity index (χ0) is 22.6. The lowest BCUT2D eigenvalue weighted by molar-refractivity contribution is -0.878. The van der Waals surface area contributed by atoms with Crippen LogP contribution in [-0.2, 0) is 0 Å². The van der Waals surface area contributed by atoms with Crippen molar-refractivity contribution < 1.29 is 14.4 Å². The normalized spacial score (nSPS) is 26.5. The first kappa shape index (κ1) is 22.3. The van der Waals surface area contributed by atoms with Gasteiger partial charge in [0.05, 0.1) is 57.8 Å². The maximum absolute atomic E-state index is 10.1. The van der Waals surface area contributed by atoms with Gasteiger partial charge in [-0.1, -0.05) is 19.4 Å². The fourth-order valence-corrected chi connectivity index (χ4v) is 4.76. The van der Waals surface area contributed by atoms with Gasteiger partial charge in [-0.05, 0) is 35.8 Å². The average molecular weight is 419 g/mol. The van der Waals surface area contributed by atoms with E-state index in [1.807, 2.05) is 24.3 Å². The number of hydrogen-bond donors (Lipinski definition) is 2. The van der Waals surface area contributed by atoms with E-state index < -0.39 is 17.3 Å². The van der Waals surface area contributed by atoms with Crippen molar-refractivity contribution in [1.29, 1.82) is 21.2 Å². The molecule has 1 heterocycles. The van der Waals surface area contributed by atoms with Crippen molar-refractivity contribution in [3.8, 4) is 29.7 Å². The molecule has 2 aliphatic rings. The second-order valence-electron chi connectivity index (χ2n) is 8.27. The predicted molar refractivity (Wildman–Crippen MR) is 115 cm³/mol. The Hall–Kier alpha value is -3.34. The van der Waals surface area contributed by atoms with Crippen LogP contribution in [0.2, 0.25) is 0 Å². The molecule has 0 spiro atoms. The van der Waals surface area contributed by atoms with Crippen LogP contribution in [0.25, 0.3) is 0 Å². The summed E-state index contributed by atoms with van der Waals surface area (Å²) in [6.07, 6.45) is 3.96. The van der Waals surface area contributed by atoms with Crippen molar-refractivity contribution >= 4 is 5.71 Å². The van der Waals surface area contributed by atoms with Crippen LogP contribution in [0.5, 0.6) is 11.5 Å². The first-order chi connectivity index (χ1) is 15.0. The SMILES string of the molecule is CCCCOc1ccc([C@H]2[C@@H]3C[NH+](C)CC=C3[C@@H](C#N)C(=N)C2(C#N)C#N)cc1OC. The Morgan fingerprint density at radius 1 is 1.23 bits per heavy atom. The lowest BCUT2D eigenvalue weighted by atomic mass is 9.54. The fraction of sp³-hybridized carbons (Fsp3) is 0.500. The second-order valence-corrected chi connectivity index (χ2v) is 8.27. The van der Waals surface area contributed by atoms with E-state index in [2.05, 4.69) is 32.2 Å². The number of nitrogens with zero attached hydrogens (tertiary/aromatic N) is 3. The number of fused-ring (bicyclic) bond motifs is 1. The molecule has 0 amide bonds. The highest BCUT2D eigenvalue weighted by Gasteiger charge is 2.58. The zero-order valence-electron chi connectivity index (χ0n) is 18.2. The summed E-state index contributed by atoms with van der Waals surface area (Å²) in [5.74, 6) is -0.452. The molecule has 0 saturated heterocycles. The van der Waals surface area contributed by atoms with E-state index in [1.165, 1.54) is 4.90 Å². The van der Waals surface area contributed by atoms with E-state index in [4.69, 9.17) is 14.9 Å². The summed E-state index contributed by atoms with van der Waals surface area (Å²) < 4.78 is 11.4. The fourth-order valence-electron chi connectivity index (χ4n) is 4.76. The molecule has 1 fully saturated rings. The molecule has 3 rings (SSSR count). The molecule has 1 aromatic carbocycles. The summed E-state index contributed by atoms with van der Waals surface area (Å²) in [5.41, 5.74) is -0.245. The van der Waals surface area contributed by atoms with Gasteiger partial charge in [-0.2, -0.15) is 15.8 Å². The number of nitriles is 3. The van der Waals surface area contributed by atoms with Gasteiger partial charge in [0, 0.05) is 11.8 Å². The summed E-state index contributed by atoms with van der Waals surface area (Å²) >= 11 is 0. The molecule has 7 nitrogen and oxygen atoms in total. The molecule has 1 aromatic rings. The van der Waals surface area contributed by atoms with Crippen LogP contribution in [0.4, 0.5) is 0 Å². The van der Waals surface area contributed by atoms with Crippen LogP contribution in [0, 0.1) is 56.7 Å². The molecule has 1 aliphatic carbocycles. The van der Waals surface area contributed by atoms with Crippen molar-refractivity contribution in [3.63, 3.8) is 0 Å². The topological polar surface area (TPSA) is 118 Å². The van der Waals surface area contributed by atoms with Gasteiger partial charge in [-0.3, -0.25) is 0 Å². The highest BCUT2D eigenvalue weighted by molar-refractivity contribution is 6.00. The number of hydrogen-bond acceptors (Lipinski definition) is 6. The molecule has 2 N–H and O–H groups in total. The van der Waals surface area contributed by atoms with Crippen LogP contribution >= 0.6 is 0 Å². The third-order valence-electron chi connectivity index (χ3n) is 6.38. The van der Waals surface area contributed by atoms with Crippen LogP contribution in [-0.4, -0.2) is 39.6 Å². The Kier molecular flexibility index (Phi) is 6.64. The molecule has 7 heteroatoms. The number of rotatable bonds is 6. The first-order valence-corrected chi connectivity index (χ1v) is 10.6. The lowest BCUT2D eigenvalue weighted by Crippen LogP contribution is -3.10.